The van der Waals surface area contributed by atoms with Crippen LogP contribution in [-0.4, -0.2) is 23.3 Å². The second-order valence-corrected chi connectivity index (χ2v) is 10.3. The number of esters is 1. The SMILES string of the molecule is COC(=O)CCC/C=C/CC1C2CCC(C2)C1NS(=O)Oc1ccc2oc3ccccc3c2c1. The summed E-state index contributed by atoms with van der Waals surface area (Å²) in [6, 6.07) is 13.7. The van der Waals surface area contributed by atoms with E-state index < -0.39 is 11.3 Å². The van der Waals surface area contributed by atoms with Crippen molar-refractivity contribution in [2.45, 2.75) is 51.0 Å². The monoisotopic (exact) mass is 481 g/mol. The van der Waals surface area contributed by atoms with Crippen LogP contribution in [0.2, 0.25) is 0 Å². The van der Waals surface area contributed by atoms with Crippen molar-refractivity contribution >= 4 is 39.2 Å². The van der Waals surface area contributed by atoms with Gasteiger partial charge in [-0.25, -0.2) is 4.72 Å². The van der Waals surface area contributed by atoms with E-state index in [1.165, 1.54) is 26.4 Å². The minimum absolute atomic E-state index is 0.159. The Morgan fingerprint density at radius 1 is 1.12 bits per heavy atom. The van der Waals surface area contributed by atoms with E-state index in [0.29, 0.717) is 29.9 Å². The number of furan rings is 1. The Morgan fingerprint density at radius 3 is 2.82 bits per heavy atom. The molecule has 180 valence electrons. The van der Waals surface area contributed by atoms with Gasteiger partial charge in [-0.3, -0.25) is 4.79 Å². The van der Waals surface area contributed by atoms with Gasteiger partial charge in [0.05, 0.1) is 7.11 Å². The Balaban J connectivity index is 1.19. The number of fused-ring (bicyclic) bond motifs is 5. The van der Waals surface area contributed by atoms with Crippen molar-refractivity contribution in [3.8, 4) is 5.75 Å². The van der Waals surface area contributed by atoms with Crippen LogP contribution in [0.25, 0.3) is 21.9 Å². The molecule has 0 saturated heterocycles. The first-order valence-electron chi connectivity index (χ1n) is 12.1. The molecule has 1 aromatic heterocycles. The first-order valence-corrected chi connectivity index (χ1v) is 13.2. The second kappa shape index (κ2) is 10.3. The van der Waals surface area contributed by atoms with Crippen LogP contribution in [-0.2, 0) is 20.8 Å². The zero-order chi connectivity index (χ0) is 23.5. The number of para-hydroxylation sites is 1. The molecule has 5 unspecified atom stereocenters. The number of allylic oxidation sites excluding steroid dienone is 2. The highest BCUT2D eigenvalue weighted by Crippen LogP contribution is 2.50. The van der Waals surface area contributed by atoms with Gasteiger partial charge in [0.2, 0.25) is 0 Å². The zero-order valence-electron chi connectivity index (χ0n) is 19.4. The van der Waals surface area contributed by atoms with Crippen LogP contribution < -0.4 is 8.91 Å². The molecule has 0 spiro atoms. The summed E-state index contributed by atoms with van der Waals surface area (Å²) >= 11 is -1.62. The maximum Gasteiger partial charge on any atom is 0.305 e. The van der Waals surface area contributed by atoms with Crippen LogP contribution in [0.3, 0.4) is 0 Å². The molecule has 0 radical (unpaired) electrons. The molecule has 3 aromatic rings. The lowest BCUT2D eigenvalue weighted by molar-refractivity contribution is -0.140. The van der Waals surface area contributed by atoms with Crippen molar-refractivity contribution in [3.63, 3.8) is 0 Å². The summed E-state index contributed by atoms with van der Waals surface area (Å²) in [5, 5.41) is 1.98. The summed E-state index contributed by atoms with van der Waals surface area (Å²) in [5.41, 5.74) is 1.62. The summed E-state index contributed by atoms with van der Waals surface area (Å²) in [6.07, 6.45) is 11.1. The molecule has 1 heterocycles. The standard InChI is InChI=1S/C27H31NO5S/c1-31-26(29)11-5-3-2-4-8-21-18-12-13-19(16-18)27(21)28-34(30)33-20-14-15-25-23(17-20)22-9-6-7-10-24(22)32-25/h2,4,6-7,9-10,14-15,17-19,21,27-28H,3,5,8,11-13,16H2,1H3/b4-2+. The van der Waals surface area contributed by atoms with Gasteiger partial charge in [0.25, 0.3) is 11.3 Å². The molecule has 7 heteroatoms. The Bertz CT molecular complexity index is 1220. The van der Waals surface area contributed by atoms with Crippen LogP contribution in [0.5, 0.6) is 5.75 Å². The third-order valence-electron chi connectivity index (χ3n) is 7.40. The first-order chi connectivity index (χ1) is 16.6. The molecular formula is C27H31NO5S. The number of hydrogen-bond acceptors (Lipinski definition) is 5. The van der Waals surface area contributed by atoms with Gasteiger partial charge in [-0.15, -0.1) is 0 Å². The normalized spacial score (nSPS) is 24.9. The van der Waals surface area contributed by atoms with E-state index in [1.54, 1.807) is 6.07 Å². The lowest BCUT2D eigenvalue weighted by Crippen LogP contribution is -2.42. The van der Waals surface area contributed by atoms with E-state index in [0.717, 1.165) is 41.2 Å². The van der Waals surface area contributed by atoms with Crippen molar-refractivity contribution in [2.24, 2.45) is 17.8 Å². The van der Waals surface area contributed by atoms with Crippen molar-refractivity contribution in [2.75, 3.05) is 7.11 Å². The maximum atomic E-state index is 12.9. The summed E-state index contributed by atoms with van der Waals surface area (Å²) in [7, 11) is 1.42. The largest absolute Gasteiger partial charge is 0.469 e. The van der Waals surface area contributed by atoms with E-state index in [4.69, 9.17) is 8.60 Å². The Hall–Kier alpha value is -2.64. The van der Waals surface area contributed by atoms with E-state index in [1.807, 2.05) is 36.4 Å². The zero-order valence-corrected chi connectivity index (χ0v) is 20.2. The number of ether oxygens (including phenoxy) is 1. The van der Waals surface area contributed by atoms with Crippen LogP contribution in [0.4, 0.5) is 0 Å². The maximum absolute atomic E-state index is 12.9. The van der Waals surface area contributed by atoms with Gasteiger partial charge in [-0.05, 0) is 80.5 Å². The first kappa shape index (κ1) is 23.1. The average molecular weight is 482 g/mol. The lowest BCUT2D eigenvalue weighted by atomic mass is 9.83. The van der Waals surface area contributed by atoms with Gasteiger partial charge in [0, 0.05) is 23.2 Å². The summed E-state index contributed by atoms with van der Waals surface area (Å²) in [6.45, 7) is 0. The third-order valence-corrected chi connectivity index (χ3v) is 8.20. The van der Waals surface area contributed by atoms with E-state index in [9.17, 15) is 9.00 Å². The molecule has 2 bridgehead atoms. The Kier molecular flexibility index (Phi) is 7.02. The van der Waals surface area contributed by atoms with Crippen molar-refractivity contribution in [1.29, 1.82) is 0 Å². The molecule has 2 aromatic carbocycles. The van der Waals surface area contributed by atoms with E-state index in [-0.39, 0.29) is 12.0 Å². The lowest BCUT2D eigenvalue weighted by Gasteiger charge is -2.30. The molecule has 1 N–H and O–H groups in total. The number of carbonyl (C=O) groups is 1. The minimum atomic E-state index is -1.62. The van der Waals surface area contributed by atoms with Gasteiger partial charge in [0.1, 0.15) is 16.9 Å². The molecule has 2 aliphatic carbocycles. The van der Waals surface area contributed by atoms with Gasteiger partial charge >= 0.3 is 5.97 Å². The van der Waals surface area contributed by atoms with Crippen LogP contribution >= 0.6 is 0 Å². The summed E-state index contributed by atoms with van der Waals surface area (Å²) in [4.78, 5) is 11.2. The number of benzene rings is 2. The molecular weight excluding hydrogens is 450 g/mol. The molecule has 5 atom stereocenters. The summed E-state index contributed by atoms with van der Waals surface area (Å²) < 4.78 is 32.6. The van der Waals surface area contributed by atoms with Crippen LogP contribution in [0.15, 0.2) is 59.0 Å². The number of unbranched alkanes of at least 4 members (excludes halogenated alkanes) is 1. The highest BCUT2D eigenvalue weighted by molar-refractivity contribution is 7.78. The summed E-state index contributed by atoms with van der Waals surface area (Å²) in [5.74, 6) is 2.09. The van der Waals surface area contributed by atoms with Gasteiger partial charge in [-0.2, -0.15) is 4.21 Å². The predicted molar refractivity (Wildman–Crippen MR) is 133 cm³/mol. The van der Waals surface area contributed by atoms with Crippen LogP contribution in [0.1, 0.15) is 44.9 Å². The molecule has 0 aliphatic heterocycles. The number of nitrogens with one attached hydrogen (secondary N) is 1. The molecule has 2 fully saturated rings. The smallest absolute Gasteiger partial charge is 0.305 e. The van der Waals surface area contributed by atoms with Crippen molar-refractivity contribution in [3.05, 3.63) is 54.6 Å². The number of carbonyl (C=O) groups excluding carboxylic acids is 1. The fourth-order valence-electron chi connectivity index (χ4n) is 5.75. The Morgan fingerprint density at radius 2 is 1.94 bits per heavy atom. The Labute approximate surface area is 202 Å². The number of methoxy groups -OCH3 is 1. The number of rotatable bonds is 10. The van der Waals surface area contributed by atoms with Crippen molar-refractivity contribution < 1.29 is 22.3 Å². The average Bonchev–Trinajstić information content (AvgIpc) is 3.55. The van der Waals surface area contributed by atoms with E-state index in [2.05, 4.69) is 21.6 Å². The van der Waals surface area contributed by atoms with Gasteiger partial charge < -0.3 is 13.3 Å². The minimum Gasteiger partial charge on any atom is -0.469 e. The number of hydrogen-bond donors (Lipinski definition) is 1. The third kappa shape index (κ3) is 4.91. The highest BCUT2D eigenvalue weighted by Gasteiger charge is 2.47. The van der Waals surface area contributed by atoms with Gasteiger partial charge in [-0.1, -0.05) is 30.4 Å². The second-order valence-electron chi connectivity index (χ2n) is 9.39. The van der Waals surface area contributed by atoms with Crippen LogP contribution in [0, 0.1) is 17.8 Å². The van der Waals surface area contributed by atoms with Crippen molar-refractivity contribution in [1.82, 2.24) is 4.72 Å². The molecule has 0 amide bonds. The molecule has 2 aliphatic rings. The molecule has 2 saturated carbocycles. The quantitative estimate of drug-likeness (QED) is 0.224. The van der Waals surface area contributed by atoms with E-state index >= 15 is 0 Å². The molecule has 34 heavy (non-hydrogen) atoms. The fourth-order valence-corrected chi connectivity index (χ4v) is 6.67. The molecule has 5 rings (SSSR count). The van der Waals surface area contributed by atoms with Gasteiger partial charge in [0.15, 0.2) is 0 Å². The predicted octanol–water partition coefficient (Wildman–Crippen LogP) is 5.84. The fraction of sp³-hybridized carbons (Fsp3) is 0.444. The topological polar surface area (TPSA) is 77.8 Å². The molecule has 6 nitrogen and oxygen atoms in total. The highest BCUT2D eigenvalue weighted by atomic mass is 32.2.